The molecule has 2 heterocycles. The standard InChI is InChI=1S/C10H12FN2O5P.C6H13NO2.CH4O/c1-10(11)4-6(5-17-19-16)18-8(10)13-3-2-7(14)12-9(13)15;1-4(2)9-6(8)5(3)7;1-2/h2-3,6,8H,4-5H2,1H3,(H,12,14,15);4-5H,7H2,1-3H3;2H,1H3/t6-,8+,10+;5-;/m00./s1. The molecule has 0 radical (unpaired) electrons. The lowest BCUT2D eigenvalue weighted by Crippen LogP contribution is -2.38. The molecule has 0 aromatic carbocycles. The van der Waals surface area contributed by atoms with Gasteiger partial charge in [-0.05, 0) is 27.7 Å². The van der Waals surface area contributed by atoms with E-state index in [2.05, 4.69) is 4.52 Å². The molecular formula is C17H29FN3O8P. The fourth-order valence-corrected chi connectivity index (χ4v) is 2.66. The van der Waals surface area contributed by atoms with Gasteiger partial charge in [0.1, 0.15) is 6.04 Å². The maximum Gasteiger partial charge on any atom is 0.330 e. The molecule has 0 unspecified atom stereocenters. The molecule has 4 N–H and O–H groups in total. The number of aliphatic hydroxyl groups is 1. The first-order valence-corrected chi connectivity index (χ1v) is 9.72. The van der Waals surface area contributed by atoms with E-state index in [0.29, 0.717) is 0 Å². The largest absolute Gasteiger partial charge is 0.462 e. The van der Waals surface area contributed by atoms with Crippen LogP contribution >= 0.6 is 8.69 Å². The van der Waals surface area contributed by atoms with Gasteiger partial charge in [0.05, 0.1) is 18.8 Å². The predicted molar refractivity (Wildman–Crippen MR) is 106 cm³/mol. The molecule has 1 aliphatic rings. The number of nitrogens with one attached hydrogen (secondary N) is 1. The lowest BCUT2D eigenvalue weighted by molar-refractivity contribution is -0.148. The van der Waals surface area contributed by atoms with E-state index >= 15 is 0 Å². The molecule has 13 heteroatoms. The fourth-order valence-electron chi connectivity index (χ4n) is 2.44. The van der Waals surface area contributed by atoms with Gasteiger partial charge >= 0.3 is 20.3 Å². The van der Waals surface area contributed by atoms with Crippen molar-refractivity contribution in [3.8, 4) is 0 Å². The fraction of sp³-hybridized carbons (Fsp3) is 0.706. The first-order valence-electron chi connectivity index (χ1n) is 8.99. The summed E-state index contributed by atoms with van der Waals surface area (Å²) in [6.07, 6.45) is -0.658. The Kier molecular flexibility index (Phi) is 12.5. The third-order valence-corrected chi connectivity index (χ3v) is 3.86. The van der Waals surface area contributed by atoms with Crippen molar-refractivity contribution in [2.75, 3.05) is 13.7 Å². The number of carbonyl (C=O) groups excluding carboxylic acids is 1. The number of carbonyl (C=O) groups is 1. The molecule has 0 amide bonds. The maximum atomic E-state index is 14.4. The number of nitrogens with two attached hydrogens (primary N) is 1. The Morgan fingerprint density at radius 1 is 1.47 bits per heavy atom. The normalized spacial score (nSPS) is 23.8. The number of aliphatic hydroxyl groups excluding tert-OH is 1. The molecule has 30 heavy (non-hydrogen) atoms. The van der Waals surface area contributed by atoms with Crippen molar-refractivity contribution in [3.05, 3.63) is 33.1 Å². The topological polar surface area (TPSA) is 163 Å². The molecule has 1 aromatic rings. The predicted octanol–water partition coefficient (Wildman–Crippen LogP) is 0.669. The summed E-state index contributed by atoms with van der Waals surface area (Å²) in [7, 11) is 0.487. The Balaban J connectivity index is 0.000000648. The van der Waals surface area contributed by atoms with Crippen molar-refractivity contribution in [1.29, 1.82) is 0 Å². The van der Waals surface area contributed by atoms with Gasteiger partial charge in [0.25, 0.3) is 5.56 Å². The lowest BCUT2D eigenvalue weighted by atomic mass is 10.0. The lowest BCUT2D eigenvalue weighted by Gasteiger charge is -2.22. The van der Waals surface area contributed by atoms with E-state index in [0.717, 1.165) is 17.7 Å². The van der Waals surface area contributed by atoms with E-state index in [4.69, 9.17) is 20.3 Å². The van der Waals surface area contributed by atoms with Crippen molar-refractivity contribution < 1.29 is 32.9 Å². The van der Waals surface area contributed by atoms with Crippen LogP contribution in [0.2, 0.25) is 0 Å². The van der Waals surface area contributed by atoms with Gasteiger partial charge in [-0.15, -0.1) is 0 Å². The molecular weight excluding hydrogens is 424 g/mol. The van der Waals surface area contributed by atoms with Crippen LogP contribution in [0.15, 0.2) is 21.9 Å². The van der Waals surface area contributed by atoms with Crippen LogP contribution in [0.3, 0.4) is 0 Å². The maximum absolute atomic E-state index is 14.4. The number of halogens is 1. The van der Waals surface area contributed by atoms with Gasteiger partial charge in [-0.1, -0.05) is 0 Å². The van der Waals surface area contributed by atoms with Crippen molar-refractivity contribution in [1.82, 2.24) is 9.55 Å². The third kappa shape index (κ3) is 9.23. The molecule has 0 aliphatic carbocycles. The number of aromatic amines is 1. The summed E-state index contributed by atoms with van der Waals surface area (Å²) >= 11 is 0. The zero-order chi connectivity index (χ0) is 23.5. The summed E-state index contributed by atoms with van der Waals surface area (Å²) in [6.45, 7) is 6.44. The smallest absolute Gasteiger partial charge is 0.330 e. The first-order chi connectivity index (χ1) is 14.0. The van der Waals surface area contributed by atoms with Crippen LogP contribution < -0.4 is 17.0 Å². The average molecular weight is 453 g/mol. The van der Waals surface area contributed by atoms with Gasteiger partial charge < -0.3 is 20.3 Å². The second kappa shape index (κ2) is 13.3. The molecule has 2 rings (SSSR count). The van der Waals surface area contributed by atoms with Gasteiger partial charge in [0, 0.05) is 25.8 Å². The van der Waals surface area contributed by atoms with E-state index in [1.165, 1.54) is 13.1 Å². The number of rotatable bonds is 6. The van der Waals surface area contributed by atoms with Crippen LogP contribution in [-0.2, 0) is 23.4 Å². The quantitative estimate of drug-likeness (QED) is 0.415. The highest BCUT2D eigenvalue weighted by Crippen LogP contribution is 2.40. The van der Waals surface area contributed by atoms with Crippen LogP contribution in [0.25, 0.3) is 0 Å². The minimum atomic E-state index is -1.80. The highest BCUT2D eigenvalue weighted by molar-refractivity contribution is 7.17. The first kappa shape index (κ1) is 28.0. The van der Waals surface area contributed by atoms with Crippen LogP contribution in [-0.4, -0.2) is 58.3 Å². The van der Waals surface area contributed by atoms with Crippen LogP contribution in [0.5, 0.6) is 0 Å². The minimum Gasteiger partial charge on any atom is -0.462 e. The minimum absolute atomic E-state index is 0.00124. The van der Waals surface area contributed by atoms with Gasteiger partial charge in [0.15, 0.2) is 11.9 Å². The number of alkyl halides is 1. The highest BCUT2D eigenvalue weighted by Gasteiger charge is 2.47. The summed E-state index contributed by atoms with van der Waals surface area (Å²) in [5, 5.41) is 7.00. The summed E-state index contributed by atoms with van der Waals surface area (Å²) in [6, 6.07) is 0.605. The Morgan fingerprint density at radius 2 is 2.07 bits per heavy atom. The zero-order valence-corrected chi connectivity index (χ0v) is 18.4. The molecule has 172 valence electrons. The number of aromatic nitrogens is 2. The van der Waals surface area contributed by atoms with Gasteiger partial charge in [0.2, 0.25) is 0 Å². The van der Waals surface area contributed by atoms with Crippen LogP contribution in [0, 0.1) is 0 Å². The number of hydrogen-bond donors (Lipinski definition) is 3. The molecule has 1 fully saturated rings. The average Bonchev–Trinajstić information content (AvgIpc) is 2.96. The molecule has 1 aliphatic heterocycles. The summed E-state index contributed by atoms with van der Waals surface area (Å²) < 4.78 is 40.3. The number of ether oxygens (including phenoxy) is 2. The van der Waals surface area contributed by atoms with Crippen molar-refractivity contribution in [3.63, 3.8) is 0 Å². The molecule has 11 nitrogen and oxygen atoms in total. The summed E-state index contributed by atoms with van der Waals surface area (Å²) in [5.41, 5.74) is 2.10. The van der Waals surface area contributed by atoms with Crippen LogP contribution in [0.1, 0.15) is 40.3 Å². The second-order valence-electron chi connectivity index (χ2n) is 6.75. The SMILES string of the molecule is CC(C)OC(=O)[C@H](C)N.CO.C[C@@]1(F)C[C@@H](COP=O)O[C@H]1n1ccc(=O)[nH]c1=O. The van der Waals surface area contributed by atoms with Gasteiger partial charge in [-0.2, -0.15) is 0 Å². The van der Waals surface area contributed by atoms with E-state index in [1.807, 2.05) is 4.98 Å². The van der Waals surface area contributed by atoms with E-state index in [9.17, 15) is 23.3 Å². The molecule has 0 spiro atoms. The number of nitrogens with zero attached hydrogens (tertiary/aromatic N) is 1. The second-order valence-corrected chi connectivity index (χ2v) is 7.16. The Hall–Kier alpha value is -1.98. The monoisotopic (exact) mass is 453 g/mol. The Labute approximate surface area is 174 Å². The molecule has 0 saturated carbocycles. The molecule has 1 saturated heterocycles. The van der Waals surface area contributed by atoms with Crippen molar-refractivity contribution in [2.45, 2.75) is 64.3 Å². The molecule has 4 atom stereocenters. The van der Waals surface area contributed by atoms with Crippen molar-refractivity contribution >= 4 is 14.7 Å². The van der Waals surface area contributed by atoms with Crippen LogP contribution in [0.4, 0.5) is 4.39 Å². The van der Waals surface area contributed by atoms with E-state index < -0.39 is 44.0 Å². The highest BCUT2D eigenvalue weighted by atomic mass is 31.1. The van der Waals surface area contributed by atoms with E-state index in [1.54, 1.807) is 20.8 Å². The number of hydrogen-bond acceptors (Lipinski definition) is 9. The molecule has 0 bridgehead atoms. The summed E-state index contributed by atoms with van der Waals surface area (Å²) in [4.78, 5) is 35.2. The number of esters is 1. The van der Waals surface area contributed by atoms with Gasteiger partial charge in [-0.25, -0.2) is 13.8 Å². The number of H-pyrrole nitrogens is 1. The summed E-state index contributed by atoms with van der Waals surface area (Å²) in [5.74, 6) is -0.343. The zero-order valence-electron chi connectivity index (χ0n) is 17.5. The Bertz CT molecular complexity index is 781. The Morgan fingerprint density at radius 3 is 2.50 bits per heavy atom. The van der Waals surface area contributed by atoms with Crippen molar-refractivity contribution in [2.24, 2.45) is 5.73 Å². The molecule has 1 aromatic heterocycles. The van der Waals surface area contributed by atoms with E-state index in [-0.39, 0.29) is 25.1 Å². The van der Waals surface area contributed by atoms with Gasteiger partial charge in [-0.3, -0.25) is 23.7 Å². The third-order valence-electron chi connectivity index (χ3n) is 3.60.